The Kier molecular flexibility index (Phi) is 7.42. The molecule has 0 atom stereocenters. The molecule has 28 heavy (non-hydrogen) atoms. The first kappa shape index (κ1) is 22.3. The Hall–Kier alpha value is -3.70. The summed E-state index contributed by atoms with van der Waals surface area (Å²) in [6.45, 7) is 0. The summed E-state index contributed by atoms with van der Waals surface area (Å²) in [5.41, 5.74) is 2.37. The van der Waals surface area contributed by atoms with Crippen LogP contribution in [0, 0.1) is 33.4 Å². The number of halogens is 4. The number of nitrogens with two attached hydrogens (primary N) is 1. The molecule has 4 N–H and O–H groups in total. The highest BCUT2D eigenvalue weighted by Gasteiger charge is 2.25. The van der Waals surface area contributed by atoms with E-state index >= 15 is 0 Å². The number of nitrogens with one attached hydrogen (secondary N) is 2. The highest BCUT2D eigenvalue weighted by Crippen LogP contribution is 2.22. The normalized spacial score (nSPS) is 9.79. The molecule has 2 aromatic carbocycles. The van der Waals surface area contributed by atoms with Crippen LogP contribution < -0.4 is 16.4 Å². The molecule has 8 nitrogen and oxygen atoms in total. The van der Waals surface area contributed by atoms with Crippen LogP contribution in [-0.2, 0) is 0 Å². The predicted octanol–water partition coefficient (Wildman–Crippen LogP) is 2.14. The maximum absolute atomic E-state index is 13.3. The molecule has 2 aromatic rings. The molecule has 0 aliphatic heterocycles. The van der Waals surface area contributed by atoms with Gasteiger partial charge in [-0.05, 0) is 18.2 Å². The fraction of sp³-hybridized carbons (Fsp3) is 0.125. The van der Waals surface area contributed by atoms with E-state index in [0.717, 1.165) is 12.1 Å². The molecule has 0 aliphatic carbocycles. The van der Waals surface area contributed by atoms with E-state index in [4.69, 9.17) is 5.73 Å². The molecule has 2 amide bonds. The van der Waals surface area contributed by atoms with E-state index in [1.807, 2.05) is 5.32 Å². The van der Waals surface area contributed by atoms with Crippen molar-refractivity contribution in [2.24, 2.45) is 0 Å². The van der Waals surface area contributed by atoms with Crippen LogP contribution in [0.25, 0.3) is 0 Å². The number of carbonyl (C=O) groups is 2. The first-order valence-electron chi connectivity index (χ1n) is 7.36. The lowest BCUT2D eigenvalue weighted by molar-refractivity contribution is -0.387. The molecule has 0 spiro atoms. The third-order valence-electron chi connectivity index (χ3n) is 3.30. The number of amides is 2. The highest BCUT2D eigenvalue weighted by molar-refractivity contribution is 5.95. The molecule has 0 fully saturated rings. The van der Waals surface area contributed by atoms with E-state index in [1.54, 1.807) is 0 Å². The third kappa shape index (κ3) is 4.72. The van der Waals surface area contributed by atoms with Crippen molar-refractivity contribution in [3.63, 3.8) is 0 Å². The quantitative estimate of drug-likeness (QED) is 0.314. The van der Waals surface area contributed by atoms with Crippen molar-refractivity contribution in [3.05, 3.63) is 68.8 Å². The van der Waals surface area contributed by atoms with Gasteiger partial charge in [-0.3, -0.25) is 19.7 Å². The topological polar surface area (TPSA) is 127 Å². The van der Waals surface area contributed by atoms with Crippen molar-refractivity contribution in [1.29, 1.82) is 0 Å². The minimum atomic E-state index is -1.47. The molecule has 0 saturated heterocycles. The molecule has 150 valence electrons. The molecule has 12 heteroatoms. The Morgan fingerprint density at radius 1 is 0.893 bits per heavy atom. The van der Waals surface area contributed by atoms with Gasteiger partial charge < -0.3 is 16.4 Å². The van der Waals surface area contributed by atoms with E-state index in [2.05, 4.69) is 5.32 Å². The third-order valence-corrected chi connectivity index (χ3v) is 3.30. The van der Waals surface area contributed by atoms with Crippen LogP contribution in [0.3, 0.4) is 0 Å². The SMILES string of the molecule is CNC(=O)c1c(F)ccc(N)c1F.CNC(=O)c1c(F)ccc([N+](=O)[O-])c1F. The molecule has 0 bridgehead atoms. The predicted molar refractivity (Wildman–Crippen MR) is 90.6 cm³/mol. The average Bonchev–Trinajstić information content (AvgIpc) is 2.64. The standard InChI is InChI=1S/C8H6F2N2O3.C8H8F2N2O/c1-11-8(13)6-4(9)2-3-5(7(6)10)12(14)15;1-12-8(13)6-4(9)2-3-5(11)7(6)10/h2-3H,1H3,(H,11,13);2-3H,11H2,1H3,(H,12,13). The van der Waals surface area contributed by atoms with Gasteiger partial charge in [0.05, 0.1) is 10.6 Å². The molecule has 0 aliphatic rings. The largest absolute Gasteiger partial charge is 0.396 e. The van der Waals surface area contributed by atoms with Gasteiger partial charge in [-0.2, -0.15) is 4.39 Å². The Labute approximate surface area is 155 Å². The summed E-state index contributed by atoms with van der Waals surface area (Å²) in [4.78, 5) is 31.3. The zero-order valence-corrected chi connectivity index (χ0v) is 14.5. The van der Waals surface area contributed by atoms with Crippen LogP contribution in [0.2, 0.25) is 0 Å². The second-order valence-electron chi connectivity index (χ2n) is 5.00. The van der Waals surface area contributed by atoms with Gasteiger partial charge in [0.2, 0.25) is 5.82 Å². The fourth-order valence-electron chi connectivity index (χ4n) is 1.92. The fourth-order valence-corrected chi connectivity index (χ4v) is 1.92. The van der Waals surface area contributed by atoms with Crippen molar-refractivity contribution >= 4 is 23.2 Å². The maximum Gasteiger partial charge on any atom is 0.305 e. The lowest BCUT2D eigenvalue weighted by Crippen LogP contribution is -2.21. The zero-order chi connectivity index (χ0) is 21.6. The summed E-state index contributed by atoms with van der Waals surface area (Å²) in [6.07, 6.45) is 0. The average molecular weight is 402 g/mol. The number of nitrogens with zero attached hydrogens (tertiary/aromatic N) is 1. The number of hydrogen-bond acceptors (Lipinski definition) is 5. The second-order valence-corrected chi connectivity index (χ2v) is 5.00. The number of anilines is 1. The number of rotatable bonds is 3. The maximum atomic E-state index is 13.3. The van der Waals surface area contributed by atoms with Crippen molar-refractivity contribution in [2.75, 3.05) is 19.8 Å². The van der Waals surface area contributed by atoms with Gasteiger partial charge >= 0.3 is 5.69 Å². The van der Waals surface area contributed by atoms with Crippen LogP contribution in [-0.4, -0.2) is 30.8 Å². The van der Waals surface area contributed by atoms with E-state index in [9.17, 15) is 37.3 Å². The van der Waals surface area contributed by atoms with Crippen LogP contribution in [0.4, 0.5) is 28.9 Å². The minimum absolute atomic E-state index is 0.250. The minimum Gasteiger partial charge on any atom is -0.396 e. The molecule has 2 rings (SSSR count). The number of carbonyl (C=O) groups excluding carboxylic acids is 2. The molecular weight excluding hydrogens is 388 g/mol. The van der Waals surface area contributed by atoms with Crippen molar-refractivity contribution < 1.29 is 32.1 Å². The zero-order valence-electron chi connectivity index (χ0n) is 14.5. The van der Waals surface area contributed by atoms with Gasteiger partial charge in [0.1, 0.15) is 22.8 Å². The van der Waals surface area contributed by atoms with Crippen LogP contribution in [0.1, 0.15) is 20.7 Å². The molecule has 0 saturated carbocycles. The Bertz CT molecular complexity index is 937. The molecular formula is C16H14F4N4O4. The highest BCUT2D eigenvalue weighted by atomic mass is 19.1. The first-order chi connectivity index (χ1) is 13.1. The van der Waals surface area contributed by atoms with Crippen molar-refractivity contribution in [2.45, 2.75) is 0 Å². The summed E-state index contributed by atoms with van der Waals surface area (Å²) in [5, 5.41) is 14.4. The van der Waals surface area contributed by atoms with Gasteiger partial charge in [-0.15, -0.1) is 0 Å². The Balaban J connectivity index is 0.000000283. The van der Waals surface area contributed by atoms with Crippen LogP contribution in [0.5, 0.6) is 0 Å². The molecule has 0 unspecified atom stereocenters. The van der Waals surface area contributed by atoms with E-state index in [0.29, 0.717) is 12.1 Å². The summed E-state index contributed by atoms with van der Waals surface area (Å²) >= 11 is 0. The molecule has 0 heterocycles. The first-order valence-corrected chi connectivity index (χ1v) is 7.36. The molecule has 0 radical (unpaired) electrons. The van der Waals surface area contributed by atoms with Crippen LogP contribution >= 0.6 is 0 Å². The Morgan fingerprint density at radius 3 is 1.75 bits per heavy atom. The van der Waals surface area contributed by atoms with E-state index in [-0.39, 0.29) is 5.69 Å². The van der Waals surface area contributed by atoms with Gasteiger partial charge in [0.25, 0.3) is 11.8 Å². The Morgan fingerprint density at radius 2 is 1.32 bits per heavy atom. The van der Waals surface area contributed by atoms with Gasteiger partial charge in [0, 0.05) is 20.2 Å². The van der Waals surface area contributed by atoms with Gasteiger partial charge in [-0.25, -0.2) is 13.2 Å². The number of benzene rings is 2. The smallest absolute Gasteiger partial charge is 0.305 e. The summed E-state index contributed by atoms with van der Waals surface area (Å²) in [6, 6.07) is 3.35. The van der Waals surface area contributed by atoms with Crippen molar-refractivity contribution in [3.8, 4) is 0 Å². The number of hydrogen-bond donors (Lipinski definition) is 3. The second kappa shape index (κ2) is 9.30. The lowest BCUT2D eigenvalue weighted by Gasteiger charge is -2.04. The number of nitro groups is 1. The van der Waals surface area contributed by atoms with E-state index in [1.165, 1.54) is 14.1 Å². The summed E-state index contributed by atoms with van der Waals surface area (Å²) in [5.74, 6) is -6.45. The van der Waals surface area contributed by atoms with Gasteiger partial charge in [0.15, 0.2) is 5.82 Å². The van der Waals surface area contributed by atoms with E-state index < -0.39 is 56.8 Å². The molecule has 0 aromatic heterocycles. The summed E-state index contributed by atoms with van der Waals surface area (Å²) < 4.78 is 52.3. The summed E-state index contributed by atoms with van der Waals surface area (Å²) in [7, 11) is 2.45. The monoisotopic (exact) mass is 402 g/mol. The van der Waals surface area contributed by atoms with Crippen LogP contribution in [0.15, 0.2) is 24.3 Å². The number of nitro benzene ring substituents is 1. The number of nitrogen functional groups attached to an aromatic ring is 1. The van der Waals surface area contributed by atoms with Gasteiger partial charge in [-0.1, -0.05) is 0 Å². The lowest BCUT2D eigenvalue weighted by atomic mass is 10.1. The van der Waals surface area contributed by atoms with Crippen molar-refractivity contribution in [1.82, 2.24) is 10.6 Å².